The van der Waals surface area contributed by atoms with Gasteiger partial charge >= 0.3 is 5.97 Å². The number of hydrogen-bond donors (Lipinski definition) is 1. The molecule has 3 aromatic rings. The van der Waals surface area contributed by atoms with Crippen LogP contribution in [-0.4, -0.2) is 45.6 Å². The molecule has 0 atom stereocenters. The van der Waals surface area contributed by atoms with Crippen molar-refractivity contribution in [3.63, 3.8) is 0 Å². The van der Waals surface area contributed by atoms with Crippen LogP contribution in [0, 0.1) is 0 Å². The van der Waals surface area contributed by atoms with Gasteiger partial charge in [0.1, 0.15) is 23.7 Å². The van der Waals surface area contributed by atoms with Crippen LogP contribution in [0.5, 0.6) is 5.75 Å². The molecule has 1 aliphatic rings. The maximum absolute atomic E-state index is 13.0. The number of ether oxygens (including phenoxy) is 2. The van der Waals surface area contributed by atoms with E-state index in [2.05, 4.69) is 9.57 Å². The lowest BCUT2D eigenvalue weighted by Crippen LogP contribution is -2.47. The van der Waals surface area contributed by atoms with Gasteiger partial charge in [-0.3, -0.25) is 9.80 Å². The predicted octanol–water partition coefficient (Wildman–Crippen LogP) is 2.74. The zero-order valence-electron chi connectivity index (χ0n) is 17.3. The van der Waals surface area contributed by atoms with Gasteiger partial charge in [-0.1, -0.05) is 6.07 Å². The number of carbonyl (C=O) groups excluding carboxylic acids is 2. The Hall–Kier alpha value is -3.63. The SMILES string of the molecule is COC(=O)c1ccc(OCCN2NS(=O)(=O)c3cccc4oc(cc34)C(C)=CC2=O)cc1. The van der Waals surface area contributed by atoms with Crippen LogP contribution in [0.4, 0.5) is 0 Å². The van der Waals surface area contributed by atoms with Crippen LogP contribution >= 0.6 is 0 Å². The quantitative estimate of drug-likeness (QED) is 0.587. The first-order valence-corrected chi connectivity index (χ1v) is 11.1. The van der Waals surface area contributed by atoms with Crippen molar-refractivity contribution in [1.82, 2.24) is 9.84 Å². The van der Waals surface area contributed by atoms with E-state index in [1.54, 1.807) is 49.4 Å². The van der Waals surface area contributed by atoms with E-state index in [0.29, 0.717) is 33.6 Å². The molecule has 1 aromatic heterocycles. The maximum Gasteiger partial charge on any atom is 0.337 e. The van der Waals surface area contributed by atoms with E-state index in [-0.39, 0.29) is 18.0 Å². The number of esters is 1. The van der Waals surface area contributed by atoms with E-state index < -0.39 is 21.9 Å². The van der Waals surface area contributed by atoms with Crippen molar-refractivity contribution in [3.05, 3.63) is 65.9 Å². The topological polar surface area (TPSA) is 115 Å². The van der Waals surface area contributed by atoms with Crippen LogP contribution in [0.15, 0.2) is 63.9 Å². The first kappa shape index (κ1) is 21.6. The minimum absolute atomic E-state index is 0.00477. The molecule has 0 unspecified atom stereocenters. The van der Waals surface area contributed by atoms with Crippen LogP contribution < -0.4 is 9.57 Å². The fourth-order valence-electron chi connectivity index (χ4n) is 3.25. The molecule has 0 saturated carbocycles. The van der Waals surface area contributed by atoms with Gasteiger partial charge in [0.15, 0.2) is 0 Å². The van der Waals surface area contributed by atoms with E-state index >= 15 is 0 Å². The number of hydrazine groups is 1. The molecule has 10 heteroatoms. The Bertz CT molecular complexity index is 1320. The highest BCUT2D eigenvalue weighted by Gasteiger charge is 2.26. The Morgan fingerprint density at radius 1 is 1.16 bits per heavy atom. The summed E-state index contributed by atoms with van der Waals surface area (Å²) in [5, 5.41) is 1.41. The van der Waals surface area contributed by atoms with E-state index in [0.717, 1.165) is 5.01 Å². The number of allylic oxidation sites excluding steroid dienone is 1. The number of benzene rings is 2. The van der Waals surface area contributed by atoms with E-state index in [9.17, 15) is 18.0 Å². The summed E-state index contributed by atoms with van der Waals surface area (Å²) in [6.45, 7) is 1.66. The molecular weight excluding hydrogens is 436 g/mol. The summed E-state index contributed by atoms with van der Waals surface area (Å²) < 4.78 is 41.9. The molecule has 0 radical (unpaired) electrons. The number of amides is 1. The van der Waals surface area contributed by atoms with Crippen LogP contribution in [0.25, 0.3) is 16.5 Å². The molecule has 0 aliphatic carbocycles. The first-order valence-electron chi connectivity index (χ1n) is 9.65. The second-order valence-electron chi connectivity index (χ2n) is 7.05. The van der Waals surface area contributed by atoms with Crippen molar-refractivity contribution < 1.29 is 31.9 Å². The molecule has 1 N–H and O–H groups in total. The van der Waals surface area contributed by atoms with Crippen molar-refractivity contribution in [1.29, 1.82) is 0 Å². The molecule has 0 saturated heterocycles. The zero-order chi connectivity index (χ0) is 22.9. The zero-order valence-corrected chi connectivity index (χ0v) is 18.1. The number of methoxy groups -OCH3 is 1. The Labute approximate surface area is 184 Å². The summed E-state index contributed by atoms with van der Waals surface area (Å²) in [7, 11) is -2.76. The standard InChI is InChI=1S/C22H20N2O7S/c1-14-12-21(25)24(10-11-30-16-8-6-15(7-9-16)22(26)29-2)23-32(27,28)20-5-3-4-18-17(20)13-19(14)31-18/h3-9,12-13,23H,10-11H2,1-2H3. The number of nitrogens with one attached hydrogen (secondary N) is 1. The van der Waals surface area contributed by atoms with Crippen molar-refractivity contribution in [3.8, 4) is 5.75 Å². The van der Waals surface area contributed by atoms with Crippen molar-refractivity contribution in [2.75, 3.05) is 20.3 Å². The van der Waals surface area contributed by atoms with Crippen LogP contribution in [-0.2, 0) is 19.6 Å². The number of sulfonamides is 1. The van der Waals surface area contributed by atoms with Crippen molar-refractivity contribution in [2.45, 2.75) is 11.8 Å². The summed E-state index contributed by atoms with van der Waals surface area (Å²) in [5.74, 6) is -0.166. The van der Waals surface area contributed by atoms with Crippen molar-refractivity contribution in [2.24, 2.45) is 0 Å². The average Bonchev–Trinajstić information content (AvgIpc) is 3.22. The van der Waals surface area contributed by atoms with Crippen LogP contribution in [0.1, 0.15) is 23.0 Å². The molecule has 32 heavy (non-hydrogen) atoms. The third kappa shape index (κ3) is 4.23. The normalized spacial score (nSPS) is 15.5. The Kier molecular flexibility index (Phi) is 5.72. The molecule has 1 aliphatic heterocycles. The lowest BCUT2D eigenvalue weighted by atomic mass is 10.2. The number of hydrogen-bond acceptors (Lipinski definition) is 7. The molecule has 2 bridgehead atoms. The molecule has 0 fully saturated rings. The Morgan fingerprint density at radius 2 is 1.91 bits per heavy atom. The van der Waals surface area contributed by atoms with Crippen LogP contribution in [0.2, 0.25) is 0 Å². The fraction of sp³-hybridized carbons (Fsp3) is 0.182. The molecule has 1 amide bonds. The summed E-state index contributed by atoms with van der Waals surface area (Å²) in [6, 6.07) is 12.6. The number of rotatable bonds is 5. The second kappa shape index (κ2) is 8.48. The highest BCUT2D eigenvalue weighted by Crippen LogP contribution is 2.30. The van der Waals surface area contributed by atoms with Gasteiger partial charge < -0.3 is 13.9 Å². The summed E-state index contributed by atoms with van der Waals surface area (Å²) in [4.78, 5) is 26.6. The number of nitrogens with zero attached hydrogens (tertiary/aromatic N) is 1. The summed E-state index contributed by atoms with van der Waals surface area (Å²) >= 11 is 0. The third-order valence-corrected chi connectivity index (χ3v) is 6.29. The average molecular weight is 456 g/mol. The number of fused-ring (bicyclic) bond motifs is 1. The third-order valence-electron chi connectivity index (χ3n) is 4.90. The van der Waals surface area contributed by atoms with Gasteiger partial charge in [0, 0.05) is 11.5 Å². The second-order valence-corrected chi connectivity index (χ2v) is 8.68. The van der Waals surface area contributed by atoms with E-state index in [4.69, 9.17) is 9.15 Å². The van der Waals surface area contributed by atoms with Gasteiger partial charge in [0.05, 0.1) is 24.1 Å². The highest BCUT2D eigenvalue weighted by molar-refractivity contribution is 7.89. The number of carbonyl (C=O) groups is 2. The van der Waals surface area contributed by atoms with Gasteiger partial charge in [-0.2, -0.15) is 0 Å². The summed E-state index contributed by atoms with van der Waals surface area (Å²) in [5.41, 5.74) is 1.34. The van der Waals surface area contributed by atoms with Crippen LogP contribution in [0.3, 0.4) is 0 Å². The van der Waals surface area contributed by atoms with Gasteiger partial charge in [0.25, 0.3) is 15.9 Å². The van der Waals surface area contributed by atoms with Gasteiger partial charge in [-0.25, -0.2) is 13.2 Å². The molecule has 166 valence electrons. The Balaban J connectivity index is 1.55. The van der Waals surface area contributed by atoms with Gasteiger partial charge in [-0.15, -0.1) is 4.83 Å². The highest BCUT2D eigenvalue weighted by atomic mass is 32.2. The first-order chi connectivity index (χ1) is 15.3. The fourth-order valence-corrected chi connectivity index (χ4v) is 4.53. The molecule has 9 nitrogen and oxygen atoms in total. The smallest absolute Gasteiger partial charge is 0.337 e. The van der Waals surface area contributed by atoms with E-state index in [1.807, 2.05) is 0 Å². The van der Waals surface area contributed by atoms with E-state index in [1.165, 1.54) is 19.3 Å². The Morgan fingerprint density at radius 3 is 2.62 bits per heavy atom. The van der Waals surface area contributed by atoms with Gasteiger partial charge in [-0.05, 0) is 55.0 Å². The molecule has 4 rings (SSSR count). The van der Waals surface area contributed by atoms with Crippen molar-refractivity contribution >= 4 is 38.4 Å². The lowest BCUT2D eigenvalue weighted by molar-refractivity contribution is -0.127. The predicted molar refractivity (Wildman–Crippen MR) is 115 cm³/mol. The minimum Gasteiger partial charge on any atom is -0.492 e. The molecule has 2 heterocycles. The molecular formula is C22H20N2O7S. The minimum atomic E-state index is -4.06. The maximum atomic E-state index is 13.0. The van der Waals surface area contributed by atoms with Gasteiger partial charge in [0.2, 0.25) is 0 Å². The number of furan rings is 1. The monoisotopic (exact) mass is 456 g/mol. The lowest BCUT2D eigenvalue weighted by Gasteiger charge is -2.23. The molecule has 0 spiro atoms. The summed E-state index contributed by atoms with van der Waals surface area (Å²) in [6.07, 6.45) is 1.30. The molecule has 2 aromatic carbocycles. The largest absolute Gasteiger partial charge is 0.492 e.